The molecule has 1 amide bonds. The zero-order chi connectivity index (χ0) is 15.4. The van der Waals surface area contributed by atoms with Crippen LogP contribution in [0.15, 0.2) is 53.5 Å². The van der Waals surface area contributed by atoms with Gasteiger partial charge in [0.05, 0.1) is 11.4 Å². The molecule has 0 spiro atoms. The molecule has 110 valence electrons. The van der Waals surface area contributed by atoms with E-state index in [0.717, 1.165) is 0 Å². The van der Waals surface area contributed by atoms with Crippen molar-refractivity contribution in [2.24, 2.45) is 5.92 Å². The van der Waals surface area contributed by atoms with E-state index in [1.165, 1.54) is 10.6 Å². The van der Waals surface area contributed by atoms with Gasteiger partial charge in [-0.25, -0.2) is 0 Å². The molecule has 0 saturated carbocycles. The monoisotopic (exact) mass is 285 g/mol. The topological polar surface area (TPSA) is 77.1 Å². The second-order valence-electron chi connectivity index (χ2n) is 5.21. The number of rotatable bonds is 4. The second kappa shape index (κ2) is 6.26. The fourth-order valence-electron chi connectivity index (χ4n) is 2.24. The summed E-state index contributed by atoms with van der Waals surface area (Å²) in [4.78, 5) is 24.5. The standard InChI is InChI=1S/C16H19N3O2/c1-11(2)15(19-10-6-5-9-14(19)20)16(21)18-13-8-4-3-7-12(13)17/h3-11,15H,17H2,1-2H3,(H,18,21). The molecule has 1 aromatic carbocycles. The Bertz CT molecular complexity index is 692. The quantitative estimate of drug-likeness (QED) is 0.846. The highest BCUT2D eigenvalue weighted by molar-refractivity contribution is 5.96. The number of anilines is 2. The van der Waals surface area contributed by atoms with Crippen molar-refractivity contribution in [2.45, 2.75) is 19.9 Å². The fourth-order valence-corrected chi connectivity index (χ4v) is 2.24. The van der Waals surface area contributed by atoms with E-state index >= 15 is 0 Å². The van der Waals surface area contributed by atoms with Crippen molar-refractivity contribution in [1.82, 2.24) is 4.57 Å². The zero-order valence-corrected chi connectivity index (χ0v) is 12.1. The summed E-state index contributed by atoms with van der Waals surface area (Å²) in [6.45, 7) is 3.80. The molecule has 0 aliphatic heterocycles. The van der Waals surface area contributed by atoms with Gasteiger partial charge in [0.1, 0.15) is 6.04 Å². The third kappa shape index (κ3) is 3.31. The van der Waals surface area contributed by atoms with Gasteiger partial charge >= 0.3 is 0 Å². The number of benzene rings is 1. The van der Waals surface area contributed by atoms with Gasteiger partial charge in [-0.3, -0.25) is 9.59 Å². The van der Waals surface area contributed by atoms with Gasteiger partial charge in [0, 0.05) is 12.3 Å². The summed E-state index contributed by atoms with van der Waals surface area (Å²) in [5, 5.41) is 2.79. The third-order valence-corrected chi connectivity index (χ3v) is 3.27. The van der Waals surface area contributed by atoms with E-state index in [1.54, 1.807) is 42.6 Å². The van der Waals surface area contributed by atoms with Gasteiger partial charge in [0.2, 0.25) is 5.91 Å². The van der Waals surface area contributed by atoms with Crippen LogP contribution in [0.5, 0.6) is 0 Å². The first-order valence-electron chi connectivity index (χ1n) is 6.83. The van der Waals surface area contributed by atoms with Gasteiger partial charge < -0.3 is 15.6 Å². The maximum Gasteiger partial charge on any atom is 0.251 e. The molecule has 0 bridgehead atoms. The van der Waals surface area contributed by atoms with Crippen LogP contribution in [0.2, 0.25) is 0 Å². The first-order valence-corrected chi connectivity index (χ1v) is 6.83. The highest BCUT2D eigenvalue weighted by atomic mass is 16.2. The van der Waals surface area contributed by atoms with E-state index in [0.29, 0.717) is 11.4 Å². The molecule has 5 nitrogen and oxygen atoms in total. The molecular weight excluding hydrogens is 266 g/mol. The summed E-state index contributed by atoms with van der Waals surface area (Å²) in [5.41, 5.74) is 6.68. The van der Waals surface area contributed by atoms with Crippen molar-refractivity contribution in [2.75, 3.05) is 11.1 Å². The number of hydrogen-bond donors (Lipinski definition) is 2. The second-order valence-corrected chi connectivity index (χ2v) is 5.21. The molecule has 1 atom stereocenters. The minimum atomic E-state index is -0.585. The summed E-state index contributed by atoms with van der Waals surface area (Å²) in [5.74, 6) is -0.286. The van der Waals surface area contributed by atoms with Gasteiger partial charge in [-0.15, -0.1) is 0 Å². The molecule has 21 heavy (non-hydrogen) atoms. The highest BCUT2D eigenvalue weighted by Crippen LogP contribution is 2.22. The van der Waals surface area contributed by atoms with Crippen LogP contribution in [0, 0.1) is 5.92 Å². The first kappa shape index (κ1) is 14.8. The Balaban J connectivity index is 2.32. The molecule has 0 fully saturated rings. The third-order valence-electron chi connectivity index (χ3n) is 3.27. The Morgan fingerprint density at radius 3 is 2.43 bits per heavy atom. The predicted molar refractivity (Wildman–Crippen MR) is 84.1 cm³/mol. The molecule has 2 aromatic rings. The van der Waals surface area contributed by atoms with Crippen molar-refractivity contribution in [3.63, 3.8) is 0 Å². The number of nitrogens with zero attached hydrogens (tertiary/aromatic N) is 1. The van der Waals surface area contributed by atoms with Crippen LogP contribution in [0.4, 0.5) is 11.4 Å². The minimum absolute atomic E-state index is 0.0324. The molecule has 3 N–H and O–H groups in total. The maximum absolute atomic E-state index is 12.5. The Morgan fingerprint density at radius 1 is 1.14 bits per heavy atom. The molecule has 1 aromatic heterocycles. The lowest BCUT2D eigenvalue weighted by Crippen LogP contribution is -2.35. The van der Waals surface area contributed by atoms with E-state index in [4.69, 9.17) is 5.73 Å². The van der Waals surface area contributed by atoms with E-state index in [-0.39, 0.29) is 17.4 Å². The van der Waals surface area contributed by atoms with Crippen LogP contribution >= 0.6 is 0 Å². The van der Waals surface area contributed by atoms with E-state index in [1.807, 2.05) is 13.8 Å². The van der Waals surface area contributed by atoms with Crippen LogP contribution in [0.25, 0.3) is 0 Å². The van der Waals surface area contributed by atoms with Crippen LogP contribution < -0.4 is 16.6 Å². The molecule has 5 heteroatoms. The smallest absolute Gasteiger partial charge is 0.251 e. The summed E-state index contributed by atoms with van der Waals surface area (Å²) >= 11 is 0. The van der Waals surface area contributed by atoms with Gasteiger partial charge in [0.25, 0.3) is 5.56 Å². The number of hydrogen-bond acceptors (Lipinski definition) is 3. The number of carbonyl (C=O) groups is 1. The lowest BCUT2D eigenvalue weighted by molar-refractivity contribution is -0.120. The number of carbonyl (C=O) groups excluding carboxylic acids is 1. The van der Waals surface area contributed by atoms with Crippen LogP contribution in [0.3, 0.4) is 0 Å². The molecule has 1 unspecified atom stereocenters. The number of pyridine rings is 1. The maximum atomic E-state index is 12.5. The fraction of sp³-hybridized carbons (Fsp3) is 0.250. The number of amides is 1. The first-order chi connectivity index (χ1) is 10.0. The van der Waals surface area contributed by atoms with Crippen LogP contribution in [0.1, 0.15) is 19.9 Å². The van der Waals surface area contributed by atoms with Crippen LogP contribution in [-0.4, -0.2) is 10.5 Å². The highest BCUT2D eigenvalue weighted by Gasteiger charge is 2.25. The van der Waals surface area contributed by atoms with Crippen molar-refractivity contribution >= 4 is 17.3 Å². The van der Waals surface area contributed by atoms with Crippen LogP contribution in [-0.2, 0) is 4.79 Å². The summed E-state index contributed by atoms with van der Waals surface area (Å²) in [6.07, 6.45) is 1.63. The molecule has 0 aliphatic rings. The summed E-state index contributed by atoms with van der Waals surface area (Å²) in [6, 6.07) is 11.3. The molecular formula is C16H19N3O2. The average Bonchev–Trinajstić information content (AvgIpc) is 2.43. The van der Waals surface area contributed by atoms with Gasteiger partial charge in [-0.1, -0.05) is 32.0 Å². The Labute approximate surface area is 123 Å². The molecule has 2 rings (SSSR count). The SMILES string of the molecule is CC(C)C(C(=O)Nc1ccccc1N)n1ccccc1=O. The zero-order valence-electron chi connectivity index (χ0n) is 12.1. The van der Waals surface area contributed by atoms with Gasteiger partial charge in [-0.05, 0) is 24.1 Å². The molecule has 0 radical (unpaired) electrons. The molecule has 1 heterocycles. The van der Waals surface area contributed by atoms with Crippen molar-refractivity contribution in [3.05, 3.63) is 59.0 Å². The molecule has 0 aliphatic carbocycles. The lowest BCUT2D eigenvalue weighted by Gasteiger charge is -2.23. The molecule has 0 saturated heterocycles. The number of nitrogen functional groups attached to an aromatic ring is 1. The van der Waals surface area contributed by atoms with Gasteiger partial charge in [0.15, 0.2) is 0 Å². The predicted octanol–water partition coefficient (Wildman–Crippen LogP) is 2.27. The Hall–Kier alpha value is -2.56. The van der Waals surface area contributed by atoms with Crippen molar-refractivity contribution in [1.29, 1.82) is 0 Å². The number of nitrogens with two attached hydrogens (primary N) is 1. The minimum Gasteiger partial charge on any atom is -0.397 e. The average molecular weight is 285 g/mol. The largest absolute Gasteiger partial charge is 0.397 e. The summed E-state index contributed by atoms with van der Waals surface area (Å²) < 4.78 is 1.44. The van der Waals surface area contributed by atoms with E-state index in [2.05, 4.69) is 5.32 Å². The number of para-hydroxylation sites is 2. The van der Waals surface area contributed by atoms with E-state index in [9.17, 15) is 9.59 Å². The Kier molecular flexibility index (Phi) is 4.42. The van der Waals surface area contributed by atoms with Crippen molar-refractivity contribution < 1.29 is 4.79 Å². The van der Waals surface area contributed by atoms with Crippen molar-refractivity contribution in [3.8, 4) is 0 Å². The summed E-state index contributed by atoms with van der Waals surface area (Å²) in [7, 11) is 0. The van der Waals surface area contributed by atoms with Gasteiger partial charge in [-0.2, -0.15) is 0 Å². The Morgan fingerprint density at radius 2 is 1.81 bits per heavy atom. The number of aromatic nitrogens is 1. The normalized spacial score (nSPS) is 12.1. The number of nitrogens with one attached hydrogen (secondary N) is 1. The lowest BCUT2D eigenvalue weighted by atomic mass is 10.0. The van der Waals surface area contributed by atoms with E-state index < -0.39 is 6.04 Å².